The molecule has 0 radical (unpaired) electrons. The van der Waals surface area contributed by atoms with E-state index in [-0.39, 0.29) is 4.90 Å². The van der Waals surface area contributed by atoms with Crippen LogP contribution in [0.4, 0.5) is 34.8 Å². The molecule has 33 heteroatoms. The molecule has 14 aromatic heterocycles. The van der Waals surface area contributed by atoms with E-state index in [0.29, 0.717) is 35.4 Å². The van der Waals surface area contributed by atoms with E-state index < -0.39 is 9.84 Å². The average Bonchev–Trinajstić information content (AvgIpc) is 1.57. The minimum Gasteiger partial charge on any atom is -0.367 e. The Labute approximate surface area is 776 Å². The van der Waals surface area contributed by atoms with Crippen molar-refractivity contribution in [1.29, 1.82) is 0 Å². The maximum Gasteiger partial charge on any atom is 0.181 e. The molecule has 20 rings (SSSR count). The van der Waals surface area contributed by atoms with Gasteiger partial charge in [-0.05, 0) is 194 Å². The molecule has 0 aliphatic heterocycles. The molecular weight excluding hydrogens is 2000 g/mol. The molecule has 0 bridgehead atoms. The van der Waals surface area contributed by atoms with Crippen molar-refractivity contribution < 1.29 is 8.42 Å². The average molecular weight is 2070 g/mol. The first-order valence-electron chi connectivity index (χ1n) is 39.3. The van der Waals surface area contributed by atoms with Crippen molar-refractivity contribution in [2.75, 3.05) is 45.9 Å². The summed E-state index contributed by atoms with van der Waals surface area (Å²) in [6.07, 6.45) is 36.1. The van der Waals surface area contributed by atoms with Crippen molar-refractivity contribution in [1.82, 2.24) is 91.8 Å². The second kappa shape index (κ2) is 41.1. The van der Waals surface area contributed by atoms with Crippen LogP contribution in [-0.2, 0) is 35.8 Å². The number of halogens is 6. The molecule has 0 aliphatic carbocycles. The van der Waals surface area contributed by atoms with Crippen molar-refractivity contribution in [2.45, 2.75) is 30.8 Å². The van der Waals surface area contributed by atoms with Gasteiger partial charge in [0.1, 0.15) is 22.1 Å². The van der Waals surface area contributed by atoms with Crippen LogP contribution in [0.1, 0.15) is 22.3 Å². The van der Waals surface area contributed by atoms with Crippen LogP contribution < -0.4 is 26.6 Å². The van der Waals surface area contributed by atoms with Gasteiger partial charge >= 0.3 is 0 Å². The van der Waals surface area contributed by atoms with Gasteiger partial charge in [0, 0.05) is 146 Å². The number of imidazole rings is 5. The molecule has 0 saturated carbocycles. The number of anilines is 6. The molecule has 0 amide bonds. The van der Waals surface area contributed by atoms with Gasteiger partial charge in [0.2, 0.25) is 0 Å². The third kappa shape index (κ3) is 21.6. The minimum atomic E-state index is -3.23. The number of sulfone groups is 1. The molecule has 0 spiro atoms. The molecule has 0 atom stereocenters. The SMILES string of the molecule is Brc1cnc2c(NCCc3cccnc3)nc(-c3ccccc3)cn12.Brc1cnc2c(NCCc3ccncc3)nc(-c3ccccc3)cn12.CS(=O)(=O)c1ccc(Nc2nc(-c3ccccc3)cn3c(Br)cnc23)cc1.Clc1ccccc1-c1cn2c(Br)cnc2c(NCc2ccncc2)n1.Ic1cnc2c(NCc3ccncc3)nc(-c3ccccc3)cn12. The highest BCUT2D eigenvalue weighted by Gasteiger charge is 2.19. The highest BCUT2D eigenvalue weighted by atomic mass is 127. The molecule has 126 heavy (non-hydrogen) atoms. The van der Waals surface area contributed by atoms with E-state index in [2.05, 4.69) is 205 Å². The van der Waals surface area contributed by atoms with Crippen molar-refractivity contribution in [2.24, 2.45) is 0 Å². The van der Waals surface area contributed by atoms with E-state index in [1.165, 1.54) is 17.4 Å². The largest absolute Gasteiger partial charge is 0.367 e. The zero-order valence-electron chi connectivity index (χ0n) is 66.9. The number of fused-ring (bicyclic) bond motifs is 5. The molecule has 14 heterocycles. The Morgan fingerprint density at radius 2 is 0.690 bits per heavy atom. The van der Waals surface area contributed by atoms with E-state index in [1.54, 1.807) is 80.0 Å². The molecule has 20 aromatic rings. The number of aromatic nitrogens is 19. The molecule has 6 aromatic carbocycles. The summed E-state index contributed by atoms with van der Waals surface area (Å²) in [6.45, 7) is 2.83. The van der Waals surface area contributed by atoms with Crippen LogP contribution in [0.3, 0.4) is 0 Å². The van der Waals surface area contributed by atoms with Crippen LogP contribution in [0.5, 0.6) is 0 Å². The fourth-order valence-electron chi connectivity index (χ4n) is 13.2. The first-order chi connectivity index (χ1) is 61.6. The summed E-state index contributed by atoms with van der Waals surface area (Å²) in [6, 6.07) is 70.5. The molecule has 26 nitrogen and oxygen atoms in total. The Morgan fingerprint density at radius 3 is 1.10 bits per heavy atom. The monoisotopic (exact) mass is 2070 g/mol. The topological polar surface area (TPSA) is 297 Å². The Balaban J connectivity index is 0.000000116. The molecule has 0 fully saturated rings. The number of rotatable bonds is 22. The third-order valence-corrected chi connectivity index (χ3v) is 24.1. The minimum absolute atomic E-state index is 0.271. The quantitative estimate of drug-likeness (QED) is 0.0394. The van der Waals surface area contributed by atoms with Gasteiger partial charge in [-0.1, -0.05) is 157 Å². The second-order valence-electron chi connectivity index (χ2n) is 28.1. The highest BCUT2D eigenvalue weighted by molar-refractivity contribution is 14.1. The molecule has 626 valence electrons. The molecule has 0 saturated heterocycles. The lowest BCUT2D eigenvalue weighted by molar-refractivity contribution is 0.602. The summed E-state index contributed by atoms with van der Waals surface area (Å²) in [4.78, 5) is 62.6. The fourth-order valence-corrected chi connectivity index (χ4v) is 16.0. The number of nitrogens with one attached hydrogen (secondary N) is 5. The van der Waals surface area contributed by atoms with E-state index in [1.807, 2.05) is 225 Å². The van der Waals surface area contributed by atoms with Crippen molar-refractivity contribution in [3.8, 4) is 56.3 Å². The number of hydrogen-bond acceptors (Lipinski definition) is 21. The molecular formula is C93H74Br4ClIN24O2S. The van der Waals surface area contributed by atoms with Crippen LogP contribution in [-0.4, -0.2) is 120 Å². The van der Waals surface area contributed by atoms with Crippen LogP contribution in [0.15, 0.2) is 353 Å². The third-order valence-electron chi connectivity index (χ3n) is 19.5. The highest BCUT2D eigenvalue weighted by Crippen LogP contribution is 2.34. The molecule has 0 unspecified atom stereocenters. The number of hydrogen-bond donors (Lipinski definition) is 5. The summed E-state index contributed by atoms with van der Waals surface area (Å²) < 4.78 is 37.7. The predicted molar refractivity (Wildman–Crippen MR) is 519 cm³/mol. The van der Waals surface area contributed by atoms with E-state index >= 15 is 0 Å². The summed E-state index contributed by atoms with van der Waals surface area (Å²) in [7, 11) is -3.23. The summed E-state index contributed by atoms with van der Waals surface area (Å²) in [5.74, 6) is 3.60. The molecule has 0 aliphatic rings. The smallest absolute Gasteiger partial charge is 0.181 e. The Hall–Kier alpha value is -13.1. The number of pyridine rings is 4. The first-order valence-corrected chi connectivity index (χ1v) is 45.8. The van der Waals surface area contributed by atoms with Crippen LogP contribution >= 0.6 is 97.9 Å². The standard InChI is InChI=1S/2C19H16BrN5.C19H15BrN4O2S.C18H13BrClN5.C18H14IN5/c20-17-12-23-19-18(22-10-8-14-5-4-9-21-11-14)24-16(13-25(17)19)15-6-2-1-3-7-15;20-17-12-23-19-18(22-11-8-14-6-9-21-10-7-14)24-16(13-25(17)19)15-4-2-1-3-5-15;1-27(25,26)15-9-7-14(8-10-15)22-18-19-21-11-17(20)24(19)12-16(23-18)13-5-3-2-4-6-13;19-16-10-23-18-17(22-9-12-5-7-21-8-6-12)24-15(11-25(16)18)13-3-1-2-4-14(13)20;19-16-11-22-18-17(21-10-13-6-8-20-9-7-13)23-15(12-24(16)18)14-4-2-1-3-5-14/h1-7,9,11-13H,8,10H2,(H,22,24);1-7,9-10,12-13H,8,11H2,(H,22,24);2-12H,1H3,(H,22,23);1-8,10-11H,9H2,(H,22,24);1-9,11-12H,10H2,(H,21,23). The lowest BCUT2D eigenvalue weighted by atomic mass is 10.1. The Morgan fingerprint density at radius 1 is 0.341 bits per heavy atom. The van der Waals surface area contributed by atoms with Crippen LogP contribution in [0, 0.1) is 3.70 Å². The summed E-state index contributed by atoms with van der Waals surface area (Å²) in [5, 5.41) is 17.5. The first kappa shape index (κ1) is 86.4. The van der Waals surface area contributed by atoms with Crippen molar-refractivity contribution in [3.05, 3.63) is 379 Å². The maximum atomic E-state index is 11.6. The van der Waals surface area contributed by atoms with Gasteiger partial charge in [0.15, 0.2) is 67.2 Å². The van der Waals surface area contributed by atoms with Gasteiger partial charge < -0.3 is 26.6 Å². The Bertz CT molecular complexity index is 7020. The second-order valence-corrected chi connectivity index (χ2v) is 34.9. The fraction of sp³-hybridized carbons (Fsp3) is 0.0753. The van der Waals surface area contributed by atoms with Crippen molar-refractivity contribution in [3.63, 3.8) is 0 Å². The van der Waals surface area contributed by atoms with E-state index in [0.717, 1.165) is 161 Å². The van der Waals surface area contributed by atoms with Gasteiger partial charge in [-0.3, -0.25) is 41.9 Å². The van der Waals surface area contributed by atoms with Crippen molar-refractivity contribution >= 4 is 171 Å². The zero-order chi connectivity index (χ0) is 86.7. The summed E-state index contributed by atoms with van der Waals surface area (Å²) in [5.41, 5.74) is 18.6. The van der Waals surface area contributed by atoms with Gasteiger partial charge in [-0.15, -0.1) is 0 Å². The Kier molecular flexibility index (Phi) is 28.2. The van der Waals surface area contributed by atoms with E-state index in [9.17, 15) is 8.42 Å². The van der Waals surface area contributed by atoms with Gasteiger partial charge in [-0.25, -0.2) is 58.3 Å². The van der Waals surface area contributed by atoms with Gasteiger partial charge in [0.05, 0.1) is 69.4 Å². The number of nitrogens with zero attached hydrogens (tertiary/aromatic N) is 19. The zero-order valence-corrected chi connectivity index (χ0v) is 77.0. The summed E-state index contributed by atoms with van der Waals surface area (Å²) >= 11 is 22.8. The maximum absolute atomic E-state index is 11.6. The number of benzene rings is 6. The van der Waals surface area contributed by atoms with Crippen LogP contribution in [0.2, 0.25) is 5.02 Å². The predicted octanol–water partition coefficient (Wildman–Crippen LogP) is 21.6. The molecule has 5 N–H and O–H groups in total. The van der Waals surface area contributed by atoms with E-state index in [4.69, 9.17) is 36.5 Å². The van der Waals surface area contributed by atoms with Gasteiger partial charge in [-0.2, -0.15) is 0 Å². The lowest BCUT2D eigenvalue weighted by Gasteiger charge is -2.11. The van der Waals surface area contributed by atoms with Gasteiger partial charge in [0.25, 0.3) is 0 Å². The normalized spacial score (nSPS) is 11.1. The lowest BCUT2D eigenvalue weighted by Crippen LogP contribution is -2.09. The van der Waals surface area contributed by atoms with Crippen LogP contribution in [0.25, 0.3) is 84.5 Å².